The van der Waals surface area contributed by atoms with E-state index in [1.807, 2.05) is 18.3 Å². The van der Waals surface area contributed by atoms with Crippen LogP contribution in [0.15, 0.2) is 29.1 Å². The normalized spacial score (nSPS) is 28.0. The smallest absolute Gasteiger partial charge is 0.266 e. The summed E-state index contributed by atoms with van der Waals surface area (Å²) in [7, 11) is 0. The molecule has 0 amide bonds. The second-order valence-corrected chi connectivity index (χ2v) is 9.53. The first-order valence-electron chi connectivity index (χ1n) is 10.1. The number of piperidine rings is 1. The van der Waals surface area contributed by atoms with E-state index in [0.29, 0.717) is 18.6 Å². The summed E-state index contributed by atoms with van der Waals surface area (Å²) in [6.07, 6.45) is 6.06. The summed E-state index contributed by atoms with van der Waals surface area (Å²) < 4.78 is 1.45. The molecule has 146 valence electrons. The number of aryl methyl sites for hydroxylation is 2. The molecule has 4 heterocycles. The van der Waals surface area contributed by atoms with Crippen molar-refractivity contribution < 1.29 is 5.11 Å². The molecular formula is C21H29N3O2S. The second kappa shape index (κ2) is 7.49. The Morgan fingerprint density at radius 2 is 1.89 bits per heavy atom. The van der Waals surface area contributed by atoms with E-state index in [1.165, 1.54) is 20.9 Å². The molecule has 4 rings (SSSR count). The van der Waals surface area contributed by atoms with Gasteiger partial charge < -0.3 is 5.11 Å². The van der Waals surface area contributed by atoms with Gasteiger partial charge in [-0.05, 0) is 57.2 Å². The third kappa shape index (κ3) is 4.03. The molecule has 0 radical (unpaired) electrons. The number of fused-ring (bicyclic) bond motifs is 2. The lowest BCUT2D eigenvalue weighted by Crippen LogP contribution is -2.53. The molecule has 0 spiro atoms. The van der Waals surface area contributed by atoms with Gasteiger partial charge in [0, 0.05) is 34.4 Å². The highest BCUT2D eigenvalue weighted by Crippen LogP contribution is 2.42. The van der Waals surface area contributed by atoms with Crippen molar-refractivity contribution in [3.63, 3.8) is 0 Å². The number of hydrogen-bond donors (Lipinski definition) is 1. The Hall–Kier alpha value is -1.50. The zero-order chi connectivity index (χ0) is 19.0. The second-order valence-electron chi connectivity index (χ2n) is 8.28. The van der Waals surface area contributed by atoms with Crippen LogP contribution in [0, 0.1) is 6.92 Å². The molecule has 0 saturated carbocycles. The van der Waals surface area contributed by atoms with E-state index >= 15 is 0 Å². The molecule has 2 saturated heterocycles. The Kier molecular flexibility index (Phi) is 5.23. The van der Waals surface area contributed by atoms with Gasteiger partial charge in [0.15, 0.2) is 0 Å². The molecule has 2 atom stereocenters. The van der Waals surface area contributed by atoms with Crippen molar-refractivity contribution >= 4 is 11.3 Å². The fraction of sp³-hybridized carbons (Fsp3) is 0.619. The lowest BCUT2D eigenvalue weighted by atomic mass is 9.86. The minimum Gasteiger partial charge on any atom is -0.388 e. The Morgan fingerprint density at radius 3 is 2.59 bits per heavy atom. The van der Waals surface area contributed by atoms with Crippen molar-refractivity contribution in [3.05, 3.63) is 50.1 Å². The fourth-order valence-electron chi connectivity index (χ4n) is 4.81. The SMILES string of the molecule is CCCc1ccc(CN2C3CCC2CC(O)(Cn2nc(C)ccc2=O)C3)s1. The fourth-order valence-corrected chi connectivity index (χ4v) is 5.94. The zero-order valence-corrected chi connectivity index (χ0v) is 17.0. The number of aliphatic hydroxyl groups is 1. The minimum absolute atomic E-state index is 0.133. The summed E-state index contributed by atoms with van der Waals surface area (Å²) in [5.41, 5.74) is -0.166. The third-order valence-electron chi connectivity index (χ3n) is 6.00. The topological polar surface area (TPSA) is 58.4 Å². The van der Waals surface area contributed by atoms with Gasteiger partial charge in [0.25, 0.3) is 5.56 Å². The minimum atomic E-state index is -0.838. The molecule has 0 aromatic carbocycles. The quantitative estimate of drug-likeness (QED) is 0.827. The monoisotopic (exact) mass is 387 g/mol. The lowest BCUT2D eigenvalue weighted by molar-refractivity contribution is -0.0675. The van der Waals surface area contributed by atoms with Gasteiger partial charge in [0.2, 0.25) is 0 Å². The van der Waals surface area contributed by atoms with E-state index in [0.717, 1.165) is 44.3 Å². The van der Waals surface area contributed by atoms with E-state index in [2.05, 4.69) is 29.1 Å². The Morgan fingerprint density at radius 1 is 1.19 bits per heavy atom. The van der Waals surface area contributed by atoms with Crippen molar-refractivity contribution in [3.8, 4) is 0 Å². The third-order valence-corrected chi connectivity index (χ3v) is 7.13. The van der Waals surface area contributed by atoms with Crippen LogP contribution in [0.25, 0.3) is 0 Å². The zero-order valence-electron chi connectivity index (χ0n) is 16.2. The first-order chi connectivity index (χ1) is 13.0. The first kappa shape index (κ1) is 18.8. The van der Waals surface area contributed by atoms with Crippen LogP contribution in [0.1, 0.15) is 54.5 Å². The van der Waals surface area contributed by atoms with Crippen LogP contribution in [0.2, 0.25) is 0 Å². The van der Waals surface area contributed by atoms with E-state index in [4.69, 9.17) is 0 Å². The standard InChI is InChI=1S/C21H29N3O2S/c1-3-4-18-8-9-19(27-18)13-23-16-6-7-17(23)12-21(26,11-16)14-24-20(25)10-5-15(2)22-24/h5,8-10,16-17,26H,3-4,6-7,11-14H2,1-2H3. The van der Waals surface area contributed by atoms with Crippen molar-refractivity contribution in [2.45, 2.75) is 83.1 Å². The number of hydrogen-bond acceptors (Lipinski definition) is 5. The maximum Gasteiger partial charge on any atom is 0.266 e. The van der Waals surface area contributed by atoms with Gasteiger partial charge in [-0.1, -0.05) is 13.3 Å². The van der Waals surface area contributed by atoms with Gasteiger partial charge in [-0.3, -0.25) is 9.69 Å². The predicted molar refractivity (Wildman–Crippen MR) is 108 cm³/mol. The Balaban J connectivity index is 1.46. The average Bonchev–Trinajstić information content (AvgIpc) is 3.15. The summed E-state index contributed by atoms with van der Waals surface area (Å²) in [6.45, 7) is 5.38. The highest BCUT2D eigenvalue weighted by Gasteiger charge is 2.47. The van der Waals surface area contributed by atoms with Gasteiger partial charge in [0.1, 0.15) is 0 Å². The summed E-state index contributed by atoms with van der Waals surface area (Å²) in [5.74, 6) is 0. The molecule has 2 bridgehead atoms. The van der Waals surface area contributed by atoms with Crippen LogP contribution in [0.5, 0.6) is 0 Å². The summed E-state index contributed by atoms with van der Waals surface area (Å²) in [5, 5.41) is 15.6. The van der Waals surface area contributed by atoms with E-state index in [9.17, 15) is 9.90 Å². The number of aromatic nitrogens is 2. The van der Waals surface area contributed by atoms with Gasteiger partial charge in [-0.25, -0.2) is 4.68 Å². The highest BCUT2D eigenvalue weighted by molar-refractivity contribution is 7.11. The molecular weight excluding hydrogens is 358 g/mol. The number of thiophene rings is 1. The molecule has 2 fully saturated rings. The summed E-state index contributed by atoms with van der Waals surface area (Å²) in [6, 6.07) is 8.59. The van der Waals surface area contributed by atoms with Gasteiger partial charge in [-0.15, -0.1) is 11.3 Å². The van der Waals surface area contributed by atoms with Gasteiger partial charge >= 0.3 is 0 Å². The van der Waals surface area contributed by atoms with Crippen molar-refractivity contribution in [1.82, 2.24) is 14.7 Å². The number of rotatable bonds is 6. The van der Waals surface area contributed by atoms with Crippen LogP contribution in [0.4, 0.5) is 0 Å². The maximum atomic E-state index is 12.1. The van der Waals surface area contributed by atoms with E-state index in [-0.39, 0.29) is 5.56 Å². The first-order valence-corrected chi connectivity index (χ1v) is 10.9. The van der Waals surface area contributed by atoms with Crippen molar-refractivity contribution in [2.24, 2.45) is 0 Å². The van der Waals surface area contributed by atoms with Crippen LogP contribution < -0.4 is 5.56 Å². The molecule has 2 aromatic rings. The van der Waals surface area contributed by atoms with Crippen LogP contribution >= 0.6 is 11.3 Å². The molecule has 2 aliphatic rings. The van der Waals surface area contributed by atoms with Crippen LogP contribution in [0.3, 0.4) is 0 Å². The predicted octanol–water partition coefficient (Wildman–Crippen LogP) is 3.12. The van der Waals surface area contributed by atoms with Gasteiger partial charge in [0.05, 0.1) is 17.8 Å². The van der Waals surface area contributed by atoms with Crippen molar-refractivity contribution in [1.29, 1.82) is 0 Å². The maximum absolute atomic E-state index is 12.1. The molecule has 2 aliphatic heterocycles. The summed E-state index contributed by atoms with van der Waals surface area (Å²) >= 11 is 1.93. The van der Waals surface area contributed by atoms with E-state index < -0.39 is 5.60 Å². The summed E-state index contributed by atoms with van der Waals surface area (Å²) in [4.78, 5) is 17.6. The molecule has 2 unspecified atom stereocenters. The lowest BCUT2D eigenvalue weighted by Gasteiger charge is -2.43. The largest absolute Gasteiger partial charge is 0.388 e. The Labute approximate surface area is 164 Å². The van der Waals surface area contributed by atoms with Crippen LogP contribution in [-0.2, 0) is 19.5 Å². The van der Waals surface area contributed by atoms with E-state index in [1.54, 1.807) is 12.1 Å². The Bertz CT molecular complexity index is 845. The van der Waals surface area contributed by atoms with Crippen LogP contribution in [-0.4, -0.2) is 37.5 Å². The molecule has 0 aliphatic carbocycles. The van der Waals surface area contributed by atoms with Gasteiger partial charge in [-0.2, -0.15) is 5.10 Å². The average molecular weight is 388 g/mol. The highest BCUT2D eigenvalue weighted by atomic mass is 32.1. The molecule has 27 heavy (non-hydrogen) atoms. The molecule has 5 nitrogen and oxygen atoms in total. The molecule has 2 aromatic heterocycles. The number of nitrogens with zero attached hydrogens (tertiary/aromatic N) is 3. The van der Waals surface area contributed by atoms with Crippen molar-refractivity contribution in [2.75, 3.05) is 0 Å². The molecule has 1 N–H and O–H groups in total. The molecule has 6 heteroatoms.